The van der Waals surface area contributed by atoms with Crippen molar-refractivity contribution in [1.82, 2.24) is 15.0 Å². The molecule has 0 aliphatic carbocycles. The van der Waals surface area contributed by atoms with Crippen LogP contribution in [0.1, 0.15) is 5.69 Å². The zero-order valence-electron chi connectivity index (χ0n) is 6.87. The molecule has 0 bridgehead atoms. The van der Waals surface area contributed by atoms with Crippen LogP contribution in [0.25, 0.3) is 11.0 Å². The second-order valence-corrected chi connectivity index (χ2v) is 2.73. The predicted molar refractivity (Wildman–Crippen MR) is 47.5 cm³/mol. The van der Waals surface area contributed by atoms with Crippen molar-refractivity contribution in [1.29, 1.82) is 0 Å². The minimum Gasteiger partial charge on any atom is -0.396 e. The third kappa shape index (κ3) is 1.33. The zero-order chi connectivity index (χ0) is 9.26. The van der Waals surface area contributed by atoms with E-state index in [1.165, 1.54) is 0 Å². The van der Waals surface area contributed by atoms with Gasteiger partial charge >= 0.3 is 5.69 Å². The zero-order valence-corrected chi connectivity index (χ0v) is 6.87. The van der Waals surface area contributed by atoms with E-state index in [1.807, 2.05) is 0 Å². The van der Waals surface area contributed by atoms with E-state index in [4.69, 9.17) is 5.11 Å². The van der Waals surface area contributed by atoms with Gasteiger partial charge in [-0.3, -0.25) is 4.98 Å². The molecular formula is C8H9N3O2. The minimum absolute atomic E-state index is 0.0271. The van der Waals surface area contributed by atoms with Crippen molar-refractivity contribution < 1.29 is 5.11 Å². The average Bonchev–Trinajstić information content (AvgIpc) is 2.47. The lowest BCUT2D eigenvalue weighted by molar-refractivity contribution is 0.298. The molecule has 2 heterocycles. The summed E-state index contributed by atoms with van der Waals surface area (Å²) in [6, 6.07) is 1.72. The number of aliphatic hydroxyl groups excluding tert-OH is 1. The molecular weight excluding hydrogens is 170 g/mol. The molecule has 2 aromatic heterocycles. The topological polar surface area (TPSA) is 81.8 Å². The van der Waals surface area contributed by atoms with E-state index in [2.05, 4.69) is 15.0 Å². The Hall–Kier alpha value is -1.62. The van der Waals surface area contributed by atoms with Gasteiger partial charge in [-0.05, 0) is 6.07 Å². The molecule has 0 fully saturated rings. The van der Waals surface area contributed by atoms with Gasteiger partial charge in [0.15, 0.2) is 0 Å². The Morgan fingerprint density at radius 2 is 2.31 bits per heavy atom. The van der Waals surface area contributed by atoms with E-state index in [-0.39, 0.29) is 12.3 Å². The Balaban J connectivity index is 2.67. The third-order valence-electron chi connectivity index (χ3n) is 1.86. The van der Waals surface area contributed by atoms with Crippen LogP contribution in [-0.2, 0) is 6.42 Å². The molecule has 0 unspecified atom stereocenters. The van der Waals surface area contributed by atoms with Gasteiger partial charge in [0.1, 0.15) is 0 Å². The lowest BCUT2D eigenvalue weighted by atomic mass is 10.2. The first-order chi connectivity index (χ1) is 6.31. The SMILES string of the molecule is O=c1[nH]c2ccnc(CCO)c2[nH]1. The molecule has 0 saturated heterocycles. The number of rotatable bonds is 2. The van der Waals surface area contributed by atoms with E-state index >= 15 is 0 Å². The number of aliphatic hydroxyl groups is 1. The van der Waals surface area contributed by atoms with Crippen LogP contribution in [0.15, 0.2) is 17.1 Å². The van der Waals surface area contributed by atoms with Crippen LogP contribution in [0.2, 0.25) is 0 Å². The largest absolute Gasteiger partial charge is 0.396 e. The Labute approximate surface area is 73.4 Å². The van der Waals surface area contributed by atoms with E-state index in [9.17, 15) is 4.79 Å². The number of nitrogens with zero attached hydrogens (tertiary/aromatic N) is 1. The van der Waals surface area contributed by atoms with Crippen molar-refractivity contribution in [3.63, 3.8) is 0 Å². The van der Waals surface area contributed by atoms with Crippen LogP contribution in [0.5, 0.6) is 0 Å². The monoisotopic (exact) mass is 179 g/mol. The summed E-state index contributed by atoms with van der Waals surface area (Å²) in [6.45, 7) is 0.0271. The highest BCUT2D eigenvalue weighted by atomic mass is 16.3. The summed E-state index contributed by atoms with van der Waals surface area (Å²) in [6.07, 6.45) is 2.06. The summed E-state index contributed by atoms with van der Waals surface area (Å²) in [5.41, 5.74) is 1.87. The molecule has 0 aromatic carbocycles. The highest BCUT2D eigenvalue weighted by Gasteiger charge is 2.03. The second kappa shape index (κ2) is 3.02. The van der Waals surface area contributed by atoms with Gasteiger partial charge in [-0.2, -0.15) is 0 Å². The molecule has 0 aliphatic rings. The van der Waals surface area contributed by atoms with Crippen LogP contribution >= 0.6 is 0 Å². The van der Waals surface area contributed by atoms with Gasteiger partial charge in [-0.15, -0.1) is 0 Å². The number of imidazole rings is 1. The first kappa shape index (κ1) is 8.00. The van der Waals surface area contributed by atoms with Gasteiger partial charge < -0.3 is 15.1 Å². The first-order valence-electron chi connectivity index (χ1n) is 3.98. The molecule has 2 rings (SSSR count). The molecule has 0 atom stereocenters. The molecule has 0 spiro atoms. The number of H-pyrrole nitrogens is 2. The third-order valence-corrected chi connectivity index (χ3v) is 1.86. The van der Waals surface area contributed by atoms with Gasteiger partial charge in [0, 0.05) is 19.2 Å². The van der Waals surface area contributed by atoms with E-state index < -0.39 is 0 Å². The van der Waals surface area contributed by atoms with E-state index in [1.54, 1.807) is 12.3 Å². The smallest absolute Gasteiger partial charge is 0.323 e. The van der Waals surface area contributed by atoms with Gasteiger partial charge in [0.2, 0.25) is 0 Å². The first-order valence-corrected chi connectivity index (χ1v) is 3.98. The summed E-state index contributed by atoms with van der Waals surface area (Å²) < 4.78 is 0. The fraction of sp³-hybridized carbons (Fsp3) is 0.250. The molecule has 5 heteroatoms. The van der Waals surface area contributed by atoms with Gasteiger partial charge in [0.25, 0.3) is 0 Å². The van der Waals surface area contributed by atoms with Crippen LogP contribution in [-0.4, -0.2) is 26.7 Å². The predicted octanol–water partition coefficient (Wildman–Crippen LogP) is -0.214. The summed E-state index contributed by atoms with van der Waals surface area (Å²) in [7, 11) is 0. The number of hydrogen-bond acceptors (Lipinski definition) is 3. The maximum absolute atomic E-state index is 10.9. The van der Waals surface area contributed by atoms with Gasteiger partial charge in [0.05, 0.1) is 16.7 Å². The average molecular weight is 179 g/mol. The van der Waals surface area contributed by atoms with Crippen molar-refractivity contribution >= 4 is 11.0 Å². The maximum atomic E-state index is 10.9. The fourth-order valence-electron chi connectivity index (χ4n) is 1.31. The summed E-state index contributed by atoms with van der Waals surface area (Å²) in [5, 5.41) is 8.74. The summed E-state index contributed by atoms with van der Waals surface area (Å²) in [5.74, 6) is 0. The maximum Gasteiger partial charge on any atom is 0.323 e. The van der Waals surface area contributed by atoms with E-state index in [0.717, 1.165) is 5.52 Å². The molecule has 13 heavy (non-hydrogen) atoms. The van der Waals surface area contributed by atoms with Crippen molar-refractivity contribution in [2.45, 2.75) is 6.42 Å². The van der Waals surface area contributed by atoms with Gasteiger partial charge in [-0.1, -0.05) is 0 Å². The molecule has 3 N–H and O–H groups in total. The van der Waals surface area contributed by atoms with Crippen molar-refractivity contribution in [2.24, 2.45) is 0 Å². The molecule has 2 aromatic rings. The standard InChI is InChI=1S/C8H9N3O2/c12-4-2-5-7-6(1-3-9-5)10-8(13)11-7/h1,3,12H,2,4H2,(H2,10,11,13). The van der Waals surface area contributed by atoms with Crippen LogP contribution in [0.3, 0.4) is 0 Å². The van der Waals surface area contributed by atoms with Crippen molar-refractivity contribution in [3.05, 3.63) is 28.4 Å². The fourth-order valence-corrected chi connectivity index (χ4v) is 1.31. The molecule has 0 saturated carbocycles. The highest BCUT2D eigenvalue weighted by molar-refractivity contribution is 5.76. The number of aromatic amines is 2. The Kier molecular flexibility index (Phi) is 1.86. The number of pyridine rings is 1. The number of nitrogens with one attached hydrogen (secondary N) is 2. The Morgan fingerprint density at radius 1 is 1.46 bits per heavy atom. The lowest BCUT2D eigenvalue weighted by Gasteiger charge is -1.97. The number of fused-ring (bicyclic) bond motifs is 1. The molecule has 68 valence electrons. The molecule has 0 radical (unpaired) electrons. The van der Waals surface area contributed by atoms with Gasteiger partial charge in [-0.25, -0.2) is 4.79 Å². The highest BCUT2D eigenvalue weighted by Crippen LogP contribution is 2.09. The van der Waals surface area contributed by atoms with Crippen LogP contribution in [0.4, 0.5) is 0 Å². The normalized spacial score (nSPS) is 10.8. The molecule has 0 aliphatic heterocycles. The van der Waals surface area contributed by atoms with Crippen molar-refractivity contribution in [3.8, 4) is 0 Å². The second-order valence-electron chi connectivity index (χ2n) is 2.73. The summed E-state index contributed by atoms with van der Waals surface area (Å²) in [4.78, 5) is 20.3. The minimum atomic E-state index is -0.248. The van der Waals surface area contributed by atoms with Crippen LogP contribution < -0.4 is 5.69 Å². The van der Waals surface area contributed by atoms with Crippen molar-refractivity contribution in [2.75, 3.05) is 6.61 Å². The Bertz CT molecular complexity index is 471. The van der Waals surface area contributed by atoms with Crippen LogP contribution in [0, 0.1) is 0 Å². The summed E-state index contributed by atoms with van der Waals surface area (Å²) >= 11 is 0. The molecule has 0 amide bonds. The quantitative estimate of drug-likeness (QED) is 0.596. The number of hydrogen-bond donors (Lipinski definition) is 3. The Morgan fingerprint density at radius 3 is 3.08 bits per heavy atom. The lowest BCUT2D eigenvalue weighted by Crippen LogP contribution is -2.00. The number of aromatic nitrogens is 3. The van der Waals surface area contributed by atoms with E-state index in [0.29, 0.717) is 17.6 Å². The molecule has 5 nitrogen and oxygen atoms in total.